The number of aromatic nitrogens is 1. The third kappa shape index (κ3) is 2.82. The zero-order valence-corrected chi connectivity index (χ0v) is 9.85. The molecule has 0 radical (unpaired) electrons. The van der Waals surface area contributed by atoms with Crippen LogP contribution in [-0.4, -0.2) is 28.1 Å². The molecular weight excluding hydrogens is 216 g/mol. The highest BCUT2D eigenvalue weighted by atomic mass is 16.3. The van der Waals surface area contributed by atoms with Gasteiger partial charge in [-0.05, 0) is 25.0 Å². The molecule has 2 rings (SSSR count). The highest BCUT2D eigenvalue weighted by Crippen LogP contribution is 2.28. The number of aliphatic hydroxyl groups is 1. The smallest absolute Gasteiger partial charge is 0.251 e. The average molecular weight is 234 g/mol. The van der Waals surface area contributed by atoms with Crippen molar-refractivity contribution in [2.24, 2.45) is 0 Å². The summed E-state index contributed by atoms with van der Waals surface area (Å²) in [7, 11) is 0. The van der Waals surface area contributed by atoms with Crippen LogP contribution in [-0.2, 0) is 0 Å². The minimum absolute atomic E-state index is 0.0177. The molecule has 0 unspecified atom stereocenters. The van der Waals surface area contributed by atoms with Gasteiger partial charge in [0.05, 0.1) is 12.1 Å². The van der Waals surface area contributed by atoms with E-state index in [1.54, 1.807) is 24.5 Å². The average Bonchev–Trinajstić information content (AvgIpc) is 2.41. The van der Waals surface area contributed by atoms with Gasteiger partial charge < -0.3 is 10.4 Å². The molecule has 1 heterocycles. The number of hydrogen-bond donors (Lipinski definition) is 2. The second-order valence-electron chi connectivity index (χ2n) is 4.69. The Morgan fingerprint density at radius 1 is 1.29 bits per heavy atom. The molecule has 1 amide bonds. The lowest BCUT2D eigenvalue weighted by Gasteiger charge is -2.36. The first-order chi connectivity index (χ1) is 8.26. The number of pyridine rings is 1. The molecule has 0 atom stereocenters. The monoisotopic (exact) mass is 234 g/mol. The number of carbonyl (C=O) groups is 1. The van der Waals surface area contributed by atoms with Gasteiger partial charge in [0.2, 0.25) is 0 Å². The predicted octanol–water partition coefficient (Wildman–Crippen LogP) is 1.51. The van der Waals surface area contributed by atoms with E-state index in [0.29, 0.717) is 5.56 Å². The van der Waals surface area contributed by atoms with Crippen molar-refractivity contribution in [1.29, 1.82) is 0 Å². The van der Waals surface area contributed by atoms with Crippen molar-refractivity contribution in [3.05, 3.63) is 30.1 Å². The number of hydrogen-bond acceptors (Lipinski definition) is 3. The summed E-state index contributed by atoms with van der Waals surface area (Å²) < 4.78 is 0. The Balaban J connectivity index is 2.06. The maximum atomic E-state index is 12.0. The van der Waals surface area contributed by atoms with Crippen LogP contribution in [0.25, 0.3) is 0 Å². The Hall–Kier alpha value is -1.42. The highest BCUT2D eigenvalue weighted by molar-refractivity contribution is 5.94. The molecular formula is C13H18N2O2. The molecule has 1 aromatic rings. The Morgan fingerprint density at radius 2 is 1.94 bits per heavy atom. The summed E-state index contributed by atoms with van der Waals surface area (Å²) in [5.74, 6) is -0.122. The van der Waals surface area contributed by atoms with Crippen LogP contribution >= 0.6 is 0 Å². The normalized spacial score (nSPS) is 18.6. The van der Waals surface area contributed by atoms with Gasteiger partial charge >= 0.3 is 0 Å². The molecule has 0 saturated heterocycles. The highest BCUT2D eigenvalue weighted by Gasteiger charge is 2.32. The zero-order valence-electron chi connectivity index (χ0n) is 9.85. The fourth-order valence-electron chi connectivity index (χ4n) is 2.37. The number of carbonyl (C=O) groups excluding carboxylic acids is 1. The van der Waals surface area contributed by atoms with Crippen LogP contribution in [0.4, 0.5) is 0 Å². The van der Waals surface area contributed by atoms with Crippen molar-refractivity contribution in [2.45, 2.75) is 37.6 Å². The fraction of sp³-hybridized carbons (Fsp3) is 0.538. The van der Waals surface area contributed by atoms with Crippen molar-refractivity contribution in [1.82, 2.24) is 10.3 Å². The second-order valence-corrected chi connectivity index (χ2v) is 4.69. The maximum Gasteiger partial charge on any atom is 0.251 e. The second kappa shape index (κ2) is 5.27. The van der Waals surface area contributed by atoms with Gasteiger partial charge in [-0.2, -0.15) is 0 Å². The molecule has 1 aliphatic rings. The van der Waals surface area contributed by atoms with E-state index in [-0.39, 0.29) is 12.5 Å². The van der Waals surface area contributed by atoms with E-state index in [1.165, 1.54) is 6.42 Å². The number of amides is 1. The molecule has 4 heteroatoms. The van der Waals surface area contributed by atoms with Crippen LogP contribution < -0.4 is 5.32 Å². The summed E-state index contributed by atoms with van der Waals surface area (Å²) in [6, 6.07) is 3.37. The maximum absolute atomic E-state index is 12.0. The minimum Gasteiger partial charge on any atom is -0.394 e. The Morgan fingerprint density at radius 3 is 2.53 bits per heavy atom. The van der Waals surface area contributed by atoms with Gasteiger partial charge in [-0.25, -0.2) is 0 Å². The van der Waals surface area contributed by atoms with Crippen LogP contribution in [0, 0.1) is 0 Å². The quantitative estimate of drug-likeness (QED) is 0.833. The first kappa shape index (κ1) is 12.0. The van der Waals surface area contributed by atoms with Gasteiger partial charge in [0, 0.05) is 18.0 Å². The third-order valence-corrected chi connectivity index (χ3v) is 3.43. The largest absolute Gasteiger partial charge is 0.394 e. The van der Waals surface area contributed by atoms with E-state index in [4.69, 9.17) is 0 Å². The summed E-state index contributed by atoms with van der Waals surface area (Å²) in [6.07, 6.45) is 8.24. The van der Waals surface area contributed by atoms with E-state index in [2.05, 4.69) is 10.3 Å². The van der Waals surface area contributed by atoms with Crippen molar-refractivity contribution in [3.63, 3.8) is 0 Å². The molecule has 0 aliphatic heterocycles. The van der Waals surface area contributed by atoms with E-state index >= 15 is 0 Å². The van der Waals surface area contributed by atoms with Crippen LogP contribution in [0.2, 0.25) is 0 Å². The van der Waals surface area contributed by atoms with Crippen molar-refractivity contribution in [2.75, 3.05) is 6.61 Å². The van der Waals surface area contributed by atoms with Crippen molar-refractivity contribution >= 4 is 5.91 Å². The van der Waals surface area contributed by atoms with E-state index in [1.807, 2.05) is 0 Å². The van der Waals surface area contributed by atoms with Gasteiger partial charge in [0.1, 0.15) is 0 Å². The Bertz CT molecular complexity index is 372. The third-order valence-electron chi connectivity index (χ3n) is 3.43. The lowest BCUT2D eigenvalue weighted by molar-refractivity contribution is 0.0758. The summed E-state index contributed by atoms with van der Waals surface area (Å²) in [6.45, 7) is 0.0177. The van der Waals surface area contributed by atoms with Crippen LogP contribution in [0.5, 0.6) is 0 Å². The zero-order chi connectivity index (χ0) is 12.1. The van der Waals surface area contributed by atoms with Crippen LogP contribution in [0.1, 0.15) is 42.5 Å². The molecule has 17 heavy (non-hydrogen) atoms. The Labute approximate surface area is 101 Å². The lowest BCUT2D eigenvalue weighted by atomic mass is 9.82. The predicted molar refractivity (Wildman–Crippen MR) is 64.6 cm³/mol. The molecule has 92 valence electrons. The van der Waals surface area contributed by atoms with Gasteiger partial charge in [0.25, 0.3) is 5.91 Å². The molecule has 1 aliphatic carbocycles. The van der Waals surface area contributed by atoms with Crippen molar-refractivity contribution in [3.8, 4) is 0 Å². The summed E-state index contributed by atoms with van der Waals surface area (Å²) in [5.41, 5.74) is 0.178. The number of aliphatic hydroxyl groups excluding tert-OH is 1. The van der Waals surface area contributed by atoms with E-state index < -0.39 is 5.54 Å². The molecule has 1 saturated carbocycles. The number of nitrogens with one attached hydrogen (secondary N) is 1. The van der Waals surface area contributed by atoms with Crippen molar-refractivity contribution < 1.29 is 9.90 Å². The Kier molecular flexibility index (Phi) is 3.74. The summed E-state index contributed by atoms with van der Waals surface area (Å²) in [5, 5.41) is 12.5. The van der Waals surface area contributed by atoms with E-state index in [0.717, 1.165) is 25.7 Å². The number of nitrogens with zero attached hydrogens (tertiary/aromatic N) is 1. The molecule has 0 bridgehead atoms. The molecule has 2 N–H and O–H groups in total. The number of rotatable bonds is 3. The molecule has 0 aromatic carbocycles. The van der Waals surface area contributed by atoms with Gasteiger partial charge in [-0.1, -0.05) is 19.3 Å². The van der Waals surface area contributed by atoms with Gasteiger partial charge in [-0.15, -0.1) is 0 Å². The SMILES string of the molecule is O=C(NC1(CO)CCCCC1)c1ccncc1. The summed E-state index contributed by atoms with van der Waals surface area (Å²) >= 11 is 0. The lowest BCUT2D eigenvalue weighted by Crippen LogP contribution is -2.52. The van der Waals surface area contributed by atoms with Crippen LogP contribution in [0.3, 0.4) is 0 Å². The topological polar surface area (TPSA) is 62.2 Å². The first-order valence-electron chi connectivity index (χ1n) is 6.09. The minimum atomic E-state index is -0.418. The van der Waals surface area contributed by atoms with Gasteiger partial charge in [0.15, 0.2) is 0 Å². The van der Waals surface area contributed by atoms with Crippen LogP contribution in [0.15, 0.2) is 24.5 Å². The molecule has 0 spiro atoms. The molecule has 1 fully saturated rings. The van der Waals surface area contributed by atoms with Gasteiger partial charge in [-0.3, -0.25) is 9.78 Å². The first-order valence-corrected chi connectivity index (χ1v) is 6.09. The summed E-state index contributed by atoms with van der Waals surface area (Å²) in [4.78, 5) is 15.9. The fourth-order valence-corrected chi connectivity index (χ4v) is 2.37. The standard InChI is InChI=1S/C13H18N2O2/c16-10-13(6-2-1-3-7-13)15-12(17)11-4-8-14-9-5-11/h4-5,8-9,16H,1-3,6-7,10H2,(H,15,17). The molecule has 4 nitrogen and oxygen atoms in total. The van der Waals surface area contributed by atoms with E-state index in [9.17, 15) is 9.90 Å². The molecule has 1 aromatic heterocycles.